The molecule has 0 aromatic carbocycles. The first kappa shape index (κ1) is 11.3. The van der Waals surface area contributed by atoms with Crippen molar-refractivity contribution in [3.63, 3.8) is 0 Å². The predicted octanol–water partition coefficient (Wildman–Crippen LogP) is 2.51. The van der Waals surface area contributed by atoms with E-state index in [1.807, 2.05) is 12.3 Å². The van der Waals surface area contributed by atoms with Crippen LogP contribution in [0, 0.1) is 5.41 Å². The van der Waals surface area contributed by atoms with Crippen molar-refractivity contribution in [3.8, 4) is 0 Å². The van der Waals surface area contributed by atoms with Crippen LogP contribution in [0.2, 0.25) is 0 Å². The minimum Gasteiger partial charge on any atom is -0.404 e. The molecule has 0 unspecified atom stereocenters. The number of aromatic nitrogens is 1. The Morgan fingerprint density at radius 2 is 2.11 bits per heavy atom. The maximum absolute atomic E-state index is 8.34. The minimum atomic E-state index is 0.437. The summed E-state index contributed by atoms with van der Waals surface area (Å²) in [5.41, 5.74) is 8.60. The second-order valence-corrected chi connectivity index (χ2v) is 4.98. The average Bonchev–Trinajstić information content (AvgIpc) is 2.71. The van der Waals surface area contributed by atoms with E-state index in [1.54, 1.807) is 12.4 Å². The molecule has 0 spiro atoms. The van der Waals surface area contributed by atoms with Crippen molar-refractivity contribution in [1.82, 2.24) is 4.98 Å². The Hall–Kier alpha value is -1.84. The van der Waals surface area contributed by atoms with Gasteiger partial charge in [0.25, 0.3) is 0 Å². The lowest BCUT2D eigenvalue weighted by atomic mass is 9.94. The lowest BCUT2D eigenvalue weighted by Gasteiger charge is -2.32. The standard InChI is InChI=1S/C14H18N4/c15-8-12-11-6-7-17-9-13(11)18(14(12)16)10-4-2-1-3-5-10/h6-10,16H,1-5,15H2/b12-8-,16-14?. The van der Waals surface area contributed by atoms with Crippen molar-refractivity contribution in [1.29, 1.82) is 5.41 Å². The smallest absolute Gasteiger partial charge is 0.135 e. The number of anilines is 1. The molecule has 1 aliphatic heterocycles. The number of nitrogens with zero attached hydrogens (tertiary/aromatic N) is 2. The number of hydrogen-bond acceptors (Lipinski definition) is 3. The molecule has 1 aromatic heterocycles. The quantitative estimate of drug-likeness (QED) is 0.795. The second kappa shape index (κ2) is 4.44. The van der Waals surface area contributed by atoms with Gasteiger partial charge in [-0.25, -0.2) is 0 Å². The van der Waals surface area contributed by atoms with Crippen LogP contribution in [0.3, 0.4) is 0 Å². The third-order valence-electron chi connectivity index (χ3n) is 3.95. The van der Waals surface area contributed by atoms with Crippen molar-refractivity contribution in [2.75, 3.05) is 4.90 Å². The Balaban J connectivity index is 2.02. The Bertz CT molecular complexity index is 500. The molecule has 3 N–H and O–H groups in total. The van der Waals surface area contributed by atoms with Gasteiger partial charge in [0.2, 0.25) is 0 Å². The van der Waals surface area contributed by atoms with Crippen LogP contribution in [0.25, 0.3) is 5.57 Å². The molecule has 0 amide bonds. The summed E-state index contributed by atoms with van der Waals surface area (Å²) in [6.45, 7) is 0. The van der Waals surface area contributed by atoms with E-state index in [9.17, 15) is 0 Å². The molecule has 0 saturated heterocycles. The molecule has 1 aromatic rings. The SMILES string of the molecule is N=C1/C(=C\N)c2ccncc2N1C1CCCCC1. The fourth-order valence-electron chi connectivity index (χ4n) is 3.07. The fraction of sp³-hybridized carbons (Fsp3) is 0.429. The van der Waals surface area contributed by atoms with Crippen LogP contribution in [0.15, 0.2) is 24.7 Å². The summed E-state index contributed by atoms with van der Waals surface area (Å²) in [6, 6.07) is 2.39. The van der Waals surface area contributed by atoms with Crippen LogP contribution in [0.5, 0.6) is 0 Å². The summed E-state index contributed by atoms with van der Waals surface area (Å²) in [7, 11) is 0. The van der Waals surface area contributed by atoms with E-state index in [-0.39, 0.29) is 0 Å². The molecule has 0 bridgehead atoms. The summed E-state index contributed by atoms with van der Waals surface area (Å²) in [5, 5.41) is 8.34. The molecule has 94 valence electrons. The monoisotopic (exact) mass is 242 g/mol. The van der Waals surface area contributed by atoms with Gasteiger partial charge in [0.15, 0.2) is 0 Å². The molecule has 2 heterocycles. The first-order valence-electron chi connectivity index (χ1n) is 6.57. The van der Waals surface area contributed by atoms with Crippen molar-refractivity contribution in [2.45, 2.75) is 38.1 Å². The number of fused-ring (bicyclic) bond motifs is 1. The van der Waals surface area contributed by atoms with E-state index in [0.717, 1.165) is 29.7 Å². The van der Waals surface area contributed by atoms with E-state index in [0.29, 0.717) is 11.9 Å². The molecule has 18 heavy (non-hydrogen) atoms. The zero-order valence-electron chi connectivity index (χ0n) is 10.4. The molecule has 1 saturated carbocycles. The Morgan fingerprint density at radius 1 is 1.33 bits per heavy atom. The topological polar surface area (TPSA) is 66.0 Å². The third kappa shape index (κ3) is 1.60. The number of amidine groups is 1. The highest BCUT2D eigenvalue weighted by atomic mass is 15.2. The van der Waals surface area contributed by atoms with Crippen molar-refractivity contribution >= 4 is 17.1 Å². The summed E-state index contributed by atoms with van der Waals surface area (Å²) < 4.78 is 0. The first-order valence-corrected chi connectivity index (χ1v) is 6.57. The van der Waals surface area contributed by atoms with Crippen molar-refractivity contribution in [3.05, 3.63) is 30.2 Å². The Morgan fingerprint density at radius 3 is 2.83 bits per heavy atom. The molecular weight excluding hydrogens is 224 g/mol. The average molecular weight is 242 g/mol. The minimum absolute atomic E-state index is 0.437. The number of hydrogen-bond donors (Lipinski definition) is 2. The summed E-state index contributed by atoms with van der Waals surface area (Å²) >= 11 is 0. The summed E-state index contributed by atoms with van der Waals surface area (Å²) in [6.07, 6.45) is 11.3. The first-order chi connectivity index (χ1) is 8.83. The Labute approximate surface area is 107 Å². The number of nitrogens with two attached hydrogens (primary N) is 1. The number of rotatable bonds is 1. The van der Waals surface area contributed by atoms with Crippen LogP contribution >= 0.6 is 0 Å². The van der Waals surface area contributed by atoms with Crippen molar-refractivity contribution < 1.29 is 0 Å². The molecule has 0 radical (unpaired) electrons. The third-order valence-corrected chi connectivity index (χ3v) is 3.95. The van der Waals surface area contributed by atoms with Crippen molar-refractivity contribution in [2.24, 2.45) is 5.73 Å². The van der Waals surface area contributed by atoms with Gasteiger partial charge in [-0.15, -0.1) is 0 Å². The van der Waals surface area contributed by atoms with E-state index in [1.165, 1.54) is 19.3 Å². The lowest BCUT2D eigenvalue weighted by molar-refractivity contribution is 0.441. The van der Waals surface area contributed by atoms with E-state index >= 15 is 0 Å². The molecule has 2 aliphatic rings. The Kier molecular flexibility index (Phi) is 2.78. The van der Waals surface area contributed by atoms with Gasteiger partial charge >= 0.3 is 0 Å². The molecule has 0 atom stereocenters. The van der Waals surface area contributed by atoms with Gasteiger partial charge in [0.05, 0.1) is 11.9 Å². The number of nitrogens with one attached hydrogen (secondary N) is 1. The summed E-state index contributed by atoms with van der Waals surface area (Å²) in [4.78, 5) is 6.32. The second-order valence-electron chi connectivity index (χ2n) is 4.98. The van der Waals surface area contributed by atoms with Gasteiger partial charge in [-0.1, -0.05) is 19.3 Å². The van der Waals surface area contributed by atoms with Crippen LogP contribution in [0.4, 0.5) is 5.69 Å². The van der Waals surface area contributed by atoms with Crippen LogP contribution in [0.1, 0.15) is 37.7 Å². The normalized spacial score (nSPS) is 22.6. The highest BCUT2D eigenvalue weighted by Gasteiger charge is 2.34. The van der Waals surface area contributed by atoms with Crippen LogP contribution in [-0.2, 0) is 0 Å². The van der Waals surface area contributed by atoms with Gasteiger partial charge in [0, 0.05) is 29.6 Å². The van der Waals surface area contributed by atoms with Crippen LogP contribution in [-0.4, -0.2) is 16.9 Å². The fourth-order valence-corrected chi connectivity index (χ4v) is 3.07. The van der Waals surface area contributed by atoms with Gasteiger partial charge < -0.3 is 10.6 Å². The molecule has 1 fully saturated rings. The van der Waals surface area contributed by atoms with E-state index in [4.69, 9.17) is 11.1 Å². The zero-order chi connectivity index (χ0) is 12.5. The van der Waals surface area contributed by atoms with E-state index < -0.39 is 0 Å². The molecule has 1 aliphatic carbocycles. The molecule has 3 rings (SSSR count). The molecular formula is C14H18N4. The van der Waals surface area contributed by atoms with Gasteiger partial charge in [-0.2, -0.15) is 0 Å². The van der Waals surface area contributed by atoms with Crippen LogP contribution < -0.4 is 10.6 Å². The predicted molar refractivity (Wildman–Crippen MR) is 73.5 cm³/mol. The zero-order valence-corrected chi connectivity index (χ0v) is 10.4. The lowest BCUT2D eigenvalue weighted by Crippen LogP contribution is -2.38. The largest absolute Gasteiger partial charge is 0.404 e. The molecule has 4 nitrogen and oxygen atoms in total. The maximum Gasteiger partial charge on any atom is 0.135 e. The highest BCUT2D eigenvalue weighted by molar-refractivity contribution is 6.33. The maximum atomic E-state index is 8.34. The highest BCUT2D eigenvalue weighted by Crippen LogP contribution is 2.39. The molecule has 4 heteroatoms. The van der Waals surface area contributed by atoms with Gasteiger partial charge in [0.1, 0.15) is 5.84 Å². The van der Waals surface area contributed by atoms with E-state index in [2.05, 4.69) is 9.88 Å². The number of pyridine rings is 1. The van der Waals surface area contributed by atoms with Gasteiger partial charge in [-0.05, 0) is 18.9 Å². The summed E-state index contributed by atoms with van der Waals surface area (Å²) in [5.74, 6) is 0.535. The van der Waals surface area contributed by atoms with Gasteiger partial charge in [-0.3, -0.25) is 10.4 Å².